The molecule has 0 amide bonds. The Bertz CT molecular complexity index is 958. The van der Waals surface area contributed by atoms with Crippen molar-refractivity contribution in [3.63, 3.8) is 0 Å². The van der Waals surface area contributed by atoms with Crippen LogP contribution < -0.4 is 0 Å². The van der Waals surface area contributed by atoms with Gasteiger partial charge in [0.15, 0.2) is 6.10 Å². The molecule has 1 unspecified atom stereocenters. The first-order chi connectivity index (χ1) is 29.0. The Hall–Kier alpha value is -2.11. The lowest BCUT2D eigenvalue weighted by Crippen LogP contribution is -2.30. The summed E-state index contributed by atoms with van der Waals surface area (Å²) in [7, 11) is 0. The normalized spacial score (nSPS) is 12.1. The van der Waals surface area contributed by atoms with Crippen molar-refractivity contribution in [2.75, 3.05) is 13.2 Å². The van der Waals surface area contributed by atoms with E-state index in [1.807, 2.05) is 0 Å². The van der Waals surface area contributed by atoms with Crippen LogP contribution in [0.2, 0.25) is 0 Å². The average molecular weight is 831 g/mol. The molecule has 0 radical (unpaired) electrons. The van der Waals surface area contributed by atoms with E-state index in [2.05, 4.69) is 45.1 Å². The zero-order chi connectivity index (χ0) is 43.0. The number of carbonyl (C=O) groups is 3. The molecule has 0 spiro atoms. The topological polar surface area (TPSA) is 78.9 Å². The molecule has 0 aliphatic carbocycles. The summed E-state index contributed by atoms with van der Waals surface area (Å²) in [6.45, 7) is 6.55. The first-order valence-corrected chi connectivity index (χ1v) is 25.8. The molecule has 59 heavy (non-hydrogen) atoms. The van der Waals surface area contributed by atoms with Gasteiger partial charge in [0.25, 0.3) is 0 Å². The third-order valence-corrected chi connectivity index (χ3v) is 11.5. The fourth-order valence-corrected chi connectivity index (χ4v) is 7.60. The Balaban J connectivity index is 4.33. The van der Waals surface area contributed by atoms with Gasteiger partial charge >= 0.3 is 17.9 Å². The second kappa shape index (κ2) is 48.6. The predicted octanol–water partition coefficient (Wildman–Crippen LogP) is 16.8. The first kappa shape index (κ1) is 56.9. The lowest BCUT2D eigenvalue weighted by atomic mass is 10.0. The standard InChI is InChI=1S/C53H98O6/c1-4-7-10-13-16-19-22-25-27-29-31-34-37-40-43-46-52(55)58-49-50(48-57-51(54)45-42-39-36-33-30-24-21-18-15-12-9-6-3)59-53(56)47-44-41-38-35-32-28-26-23-20-17-14-11-8-5-2/h9,12,18,21,50H,4-8,10-11,13-17,19-20,22-49H2,1-3H3/b12-9-,21-18-. The van der Waals surface area contributed by atoms with Crippen LogP contribution in [0.1, 0.15) is 278 Å². The third kappa shape index (κ3) is 46.8. The Morgan fingerprint density at radius 2 is 0.661 bits per heavy atom. The fourth-order valence-electron chi connectivity index (χ4n) is 7.60. The van der Waals surface area contributed by atoms with Gasteiger partial charge in [-0.25, -0.2) is 0 Å². The van der Waals surface area contributed by atoms with Gasteiger partial charge in [-0.2, -0.15) is 0 Å². The van der Waals surface area contributed by atoms with Crippen LogP contribution in [0.25, 0.3) is 0 Å². The van der Waals surface area contributed by atoms with Crippen molar-refractivity contribution in [3.05, 3.63) is 24.3 Å². The van der Waals surface area contributed by atoms with Crippen LogP contribution >= 0.6 is 0 Å². The highest BCUT2D eigenvalue weighted by molar-refractivity contribution is 5.71. The molecule has 0 bridgehead atoms. The maximum Gasteiger partial charge on any atom is 0.306 e. The van der Waals surface area contributed by atoms with E-state index >= 15 is 0 Å². The van der Waals surface area contributed by atoms with E-state index in [0.29, 0.717) is 19.3 Å². The van der Waals surface area contributed by atoms with Gasteiger partial charge in [-0.1, -0.05) is 238 Å². The van der Waals surface area contributed by atoms with Crippen LogP contribution in [-0.4, -0.2) is 37.2 Å². The summed E-state index contributed by atoms with van der Waals surface area (Å²) in [6.07, 6.45) is 54.4. The molecule has 0 saturated heterocycles. The number of allylic oxidation sites excluding steroid dienone is 4. The quantitative estimate of drug-likeness (QED) is 0.0263. The van der Waals surface area contributed by atoms with Gasteiger partial charge in [-0.3, -0.25) is 14.4 Å². The van der Waals surface area contributed by atoms with Crippen molar-refractivity contribution in [1.82, 2.24) is 0 Å². The van der Waals surface area contributed by atoms with Crippen LogP contribution in [0.4, 0.5) is 0 Å². The van der Waals surface area contributed by atoms with Gasteiger partial charge in [-0.05, 0) is 44.9 Å². The summed E-state index contributed by atoms with van der Waals surface area (Å²) in [5.74, 6) is -0.871. The number of hydrogen-bond acceptors (Lipinski definition) is 6. The van der Waals surface area contributed by atoms with Gasteiger partial charge in [0.2, 0.25) is 0 Å². The summed E-state index contributed by atoms with van der Waals surface area (Å²) in [5, 5.41) is 0. The molecule has 0 aliphatic heterocycles. The molecule has 0 rings (SSSR count). The van der Waals surface area contributed by atoms with Crippen LogP contribution in [-0.2, 0) is 28.6 Å². The summed E-state index contributed by atoms with van der Waals surface area (Å²) in [6, 6.07) is 0. The largest absolute Gasteiger partial charge is 0.462 e. The van der Waals surface area contributed by atoms with E-state index in [0.717, 1.165) is 83.5 Å². The summed E-state index contributed by atoms with van der Waals surface area (Å²) in [4.78, 5) is 37.9. The summed E-state index contributed by atoms with van der Waals surface area (Å²) < 4.78 is 16.8. The molecule has 0 heterocycles. The Labute approximate surface area is 366 Å². The minimum Gasteiger partial charge on any atom is -0.462 e. The number of hydrogen-bond donors (Lipinski definition) is 0. The predicted molar refractivity (Wildman–Crippen MR) is 252 cm³/mol. The van der Waals surface area contributed by atoms with Crippen molar-refractivity contribution >= 4 is 17.9 Å². The smallest absolute Gasteiger partial charge is 0.306 e. The van der Waals surface area contributed by atoms with Gasteiger partial charge in [-0.15, -0.1) is 0 Å². The van der Waals surface area contributed by atoms with Crippen molar-refractivity contribution in [2.45, 2.75) is 284 Å². The molecule has 0 aromatic carbocycles. The molecule has 0 aromatic heterocycles. The van der Waals surface area contributed by atoms with Crippen LogP contribution in [0, 0.1) is 0 Å². The second-order valence-electron chi connectivity index (χ2n) is 17.4. The Morgan fingerprint density at radius 3 is 1.02 bits per heavy atom. The number of esters is 3. The highest BCUT2D eigenvalue weighted by Crippen LogP contribution is 2.16. The monoisotopic (exact) mass is 831 g/mol. The molecule has 1 atom stereocenters. The highest BCUT2D eigenvalue weighted by atomic mass is 16.6. The molecule has 6 nitrogen and oxygen atoms in total. The lowest BCUT2D eigenvalue weighted by Gasteiger charge is -2.18. The number of rotatable bonds is 47. The number of unbranched alkanes of at least 4 members (excludes halogenated alkanes) is 32. The van der Waals surface area contributed by atoms with Gasteiger partial charge in [0, 0.05) is 19.3 Å². The summed E-state index contributed by atoms with van der Waals surface area (Å²) in [5.41, 5.74) is 0. The van der Waals surface area contributed by atoms with E-state index in [4.69, 9.17) is 14.2 Å². The molecule has 0 saturated carbocycles. The van der Waals surface area contributed by atoms with Gasteiger partial charge in [0.1, 0.15) is 13.2 Å². The number of ether oxygens (including phenoxy) is 3. The first-order valence-electron chi connectivity index (χ1n) is 25.8. The SMILES string of the molecule is CC/C=C\C/C=C\CCCCCCCC(=O)OCC(COC(=O)CCCCCCCCCCCCCCCCC)OC(=O)CCCCCCCCCCCCCCCC. The van der Waals surface area contributed by atoms with Crippen molar-refractivity contribution < 1.29 is 28.6 Å². The number of carbonyl (C=O) groups excluding carboxylic acids is 3. The van der Waals surface area contributed by atoms with Crippen LogP contribution in [0.5, 0.6) is 0 Å². The van der Waals surface area contributed by atoms with E-state index < -0.39 is 6.10 Å². The van der Waals surface area contributed by atoms with Gasteiger partial charge < -0.3 is 14.2 Å². The summed E-state index contributed by atoms with van der Waals surface area (Å²) >= 11 is 0. The molecular formula is C53H98O6. The molecule has 6 heteroatoms. The third-order valence-electron chi connectivity index (χ3n) is 11.5. The maximum absolute atomic E-state index is 12.8. The molecule has 0 N–H and O–H groups in total. The van der Waals surface area contributed by atoms with Crippen molar-refractivity contribution in [1.29, 1.82) is 0 Å². The van der Waals surface area contributed by atoms with E-state index in [1.54, 1.807) is 0 Å². The van der Waals surface area contributed by atoms with Gasteiger partial charge in [0.05, 0.1) is 0 Å². The molecule has 0 aliphatic rings. The maximum atomic E-state index is 12.8. The molecule has 0 aromatic rings. The minimum atomic E-state index is -0.770. The zero-order valence-electron chi connectivity index (χ0n) is 39.5. The van der Waals surface area contributed by atoms with Crippen LogP contribution in [0.3, 0.4) is 0 Å². The molecule has 346 valence electrons. The zero-order valence-corrected chi connectivity index (χ0v) is 39.5. The van der Waals surface area contributed by atoms with E-state index in [1.165, 1.54) is 154 Å². The van der Waals surface area contributed by atoms with E-state index in [9.17, 15) is 14.4 Å². The van der Waals surface area contributed by atoms with E-state index in [-0.39, 0.29) is 31.1 Å². The Kier molecular flexibility index (Phi) is 46.8. The Morgan fingerprint density at radius 1 is 0.356 bits per heavy atom. The fraction of sp³-hybridized carbons (Fsp3) is 0.868. The average Bonchev–Trinajstić information content (AvgIpc) is 3.23. The minimum absolute atomic E-state index is 0.0708. The second-order valence-corrected chi connectivity index (χ2v) is 17.4. The molecular weight excluding hydrogens is 733 g/mol. The van der Waals surface area contributed by atoms with Crippen molar-refractivity contribution in [2.24, 2.45) is 0 Å². The highest BCUT2D eigenvalue weighted by Gasteiger charge is 2.19. The molecule has 0 fully saturated rings. The van der Waals surface area contributed by atoms with Crippen molar-refractivity contribution in [3.8, 4) is 0 Å². The van der Waals surface area contributed by atoms with Crippen LogP contribution in [0.15, 0.2) is 24.3 Å². The lowest BCUT2D eigenvalue weighted by molar-refractivity contribution is -0.167.